The number of anilines is 1. The van der Waals surface area contributed by atoms with Gasteiger partial charge in [-0.3, -0.25) is 19.3 Å². The molecule has 0 aromatic heterocycles. The summed E-state index contributed by atoms with van der Waals surface area (Å²) in [7, 11) is 1.95. The van der Waals surface area contributed by atoms with Crippen LogP contribution in [0.4, 0.5) is 5.69 Å². The lowest BCUT2D eigenvalue weighted by molar-refractivity contribution is -0.126. The molecule has 0 aliphatic carbocycles. The largest absolute Gasteiger partial charge is 0.391 e. The Hall–Kier alpha value is -3.51. The first-order valence-corrected chi connectivity index (χ1v) is 12.6. The number of nitrogens with one attached hydrogen (secondary N) is 2. The van der Waals surface area contributed by atoms with E-state index in [0.29, 0.717) is 23.4 Å². The van der Waals surface area contributed by atoms with Crippen molar-refractivity contribution in [1.29, 1.82) is 0 Å². The molecule has 8 heteroatoms. The smallest absolute Gasteiger partial charge is 0.251 e. The molecule has 2 rings (SSSR count). The molecule has 0 bridgehead atoms. The van der Waals surface area contributed by atoms with Crippen LogP contribution in [-0.2, 0) is 9.59 Å². The van der Waals surface area contributed by atoms with Crippen molar-refractivity contribution in [1.82, 2.24) is 10.2 Å². The minimum atomic E-state index is -1.18. The Morgan fingerprint density at radius 2 is 1.54 bits per heavy atom. The number of hydrogen-bond acceptors (Lipinski definition) is 6. The van der Waals surface area contributed by atoms with Gasteiger partial charge in [-0.25, -0.2) is 0 Å². The fourth-order valence-electron chi connectivity index (χ4n) is 3.61. The summed E-state index contributed by atoms with van der Waals surface area (Å²) in [6.07, 6.45) is 3.56. The molecule has 0 heterocycles. The number of likely N-dealkylation sites (N-methyl/N-ethyl adjacent to an activating group) is 1. The van der Waals surface area contributed by atoms with E-state index in [9.17, 15) is 19.5 Å². The highest BCUT2D eigenvalue weighted by Crippen LogP contribution is 2.10. The van der Waals surface area contributed by atoms with Gasteiger partial charge in [0.15, 0.2) is 5.78 Å². The van der Waals surface area contributed by atoms with Crippen LogP contribution in [0.1, 0.15) is 61.0 Å². The number of ketones is 1. The lowest BCUT2D eigenvalue weighted by Gasteiger charge is -2.19. The van der Waals surface area contributed by atoms with Gasteiger partial charge in [0.1, 0.15) is 12.6 Å². The molecule has 0 saturated heterocycles. The summed E-state index contributed by atoms with van der Waals surface area (Å²) in [6, 6.07) is 12.6. The van der Waals surface area contributed by atoms with Crippen molar-refractivity contribution < 1.29 is 24.6 Å². The molecular weight excluding hydrogens is 470 g/mol. The van der Waals surface area contributed by atoms with Gasteiger partial charge in [0.2, 0.25) is 5.91 Å². The SMILES string of the molecule is CCCCCCN(C)CC(=O)Nc1ccc(C#Cc2ccc(C(=O)N[C@H](C(=O)CO)[C@@H](C)O)cc2)cc1. The van der Waals surface area contributed by atoms with Crippen molar-refractivity contribution in [2.24, 2.45) is 0 Å². The third-order valence-corrected chi connectivity index (χ3v) is 5.75. The van der Waals surface area contributed by atoms with Gasteiger partial charge in [0.25, 0.3) is 5.91 Å². The summed E-state index contributed by atoms with van der Waals surface area (Å²) in [4.78, 5) is 38.4. The van der Waals surface area contributed by atoms with Crippen LogP contribution in [-0.4, -0.2) is 71.6 Å². The third kappa shape index (κ3) is 10.6. The Morgan fingerprint density at radius 1 is 0.946 bits per heavy atom. The molecule has 2 amide bonds. The summed E-state index contributed by atoms with van der Waals surface area (Å²) in [6.45, 7) is 4.02. The van der Waals surface area contributed by atoms with Crippen LogP contribution in [0.2, 0.25) is 0 Å². The number of carbonyl (C=O) groups excluding carboxylic acids is 3. The van der Waals surface area contributed by atoms with Crippen LogP contribution >= 0.6 is 0 Å². The Morgan fingerprint density at radius 3 is 2.08 bits per heavy atom. The van der Waals surface area contributed by atoms with Crippen molar-refractivity contribution in [3.63, 3.8) is 0 Å². The summed E-state index contributed by atoms with van der Waals surface area (Å²) in [5, 5.41) is 24.0. The van der Waals surface area contributed by atoms with Crippen LogP contribution in [0.15, 0.2) is 48.5 Å². The molecule has 4 N–H and O–H groups in total. The average Bonchev–Trinajstić information content (AvgIpc) is 2.88. The molecule has 0 aliphatic heterocycles. The summed E-state index contributed by atoms with van der Waals surface area (Å²) < 4.78 is 0. The monoisotopic (exact) mass is 507 g/mol. The van der Waals surface area contributed by atoms with Crippen molar-refractivity contribution >= 4 is 23.3 Å². The molecule has 0 saturated carbocycles. The number of aliphatic hydroxyl groups is 2. The maximum Gasteiger partial charge on any atom is 0.251 e. The Labute approximate surface area is 219 Å². The maximum absolute atomic E-state index is 12.4. The number of unbranched alkanes of at least 4 members (excludes halogenated alkanes) is 3. The van der Waals surface area contributed by atoms with Crippen molar-refractivity contribution in [3.8, 4) is 11.8 Å². The lowest BCUT2D eigenvalue weighted by Crippen LogP contribution is -2.48. The highest BCUT2D eigenvalue weighted by molar-refractivity contribution is 5.98. The standard InChI is InChI=1S/C29H37N3O5/c1-4-5-6-7-18-32(3)19-27(36)30-25-16-12-23(13-17-25)9-8-22-10-14-24(15-11-22)29(37)31-28(21(2)34)26(35)20-33/h10-17,21,28,33-34H,4-7,18-20H2,1-3H3,(H,30,36)(H,31,37)/t21-,28+/m1/s1. The first-order chi connectivity index (χ1) is 17.7. The zero-order valence-electron chi connectivity index (χ0n) is 21.8. The minimum absolute atomic E-state index is 0.0542. The van der Waals surface area contributed by atoms with E-state index >= 15 is 0 Å². The average molecular weight is 508 g/mol. The van der Waals surface area contributed by atoms with E-state index < -0.39 is 30.4 Å². The molecule has 0 radical (unpaired) electrons. The summed E-state index contributed by atoms with van der Waals surface area (Å²) in [5.74, 6) is 4.82. The van der Waals surface area contributed by atoms with E-state index in [0.717, 1.165) is 18.5 Å². The quantitative estimate of drug-likeness (QED) is 0.244. The van der Waals surface area contributed by atoms with Gasteiger partial charge in [0.05, 0.1) is 12.6 Å². The van der Waals surface area contributed by atoms with Gasteiger partial charge in [-0.15, -0.1) is 0 Å². The van der Waals surface area contributed by atoms with E-state index in [2.05, 4.69) is 29.4 Å². The highest BCUT2D eigenvalue weighted by Gasteiger charge is 2.25. The minimum Gasteiger partial charge on any atom is -0.391 e. The summed E-state index contributed by atoms with van der Waals surface area (Å²) >= 11 is 0. The number of hydrogen-bond donors (Lipinski definition) is 4. The molecule has 2 aromatic carbocycles. The number of Topliss-reactive ketones (excluding diaryl/α,β-unsaturated/α-hetero) is 1. The number of amides is 2. The number of benzene rings is 2. The van der Waals surface area contributed by atoms with E-state index in [-0.39, 0.29) is 5.91 Å². The van der Waals surface area contributed by atoms with Gasteiger partial charge in [0, 0.05) is 22.4 Å². The second-order valence-corrected chi connectivity index (χ2v) is 9.07. The van der Waals surface area contributed by atoms with E-state index in [1.165, 1.54) is 26.2 Å². The lowest BCUT2D eigenvalue weighted by atomic mass is 10.1. The molecule has 0 spiro atoms. The Kier molecular flexibility index (Phi) is 12.5. The molecule has 198 valence electrons. The highest BCUT2D eigenvalue weighted by atomic mass is 16.3. The molecule has 2 aromatic rings. The van der Waals surface area contributed by atoms with Crippen LogP contribution in [0, 0.1) is 11.8 Å². The van der Waals surface area contributed by atoms with Crippen LogP contribution in [0.25, 0.3) is 0 Å². The van der Waals surface area contributed by atoms with Crippen molar-refractivity contribution in [2.75, 3.05) is 32.1 Å². The van der Waals surface area contributed by atoms with Crippen LogP contribution in [0.5, 0.6) is 0 Å². The fourth-order valence-corrected chi connectivity index (χ4v) is 3.61. The second-order valence-electron chi connectivity index (χ2n) is 9.07. The Bertz CT molecular complexity index is 1090. The maximum atomic E-state index is 12.4. The first kappa shape index (κ1) is 29.7. The zero-order chi connectivity index (χ0) is 27.2. The zero-order valence-corrected chi connectivity index (χ0v) is 21.8. The normalized spacial score (nSPS) is 12.3. The van der Waals surface area contributed by atoms with E-state index in [1.807, 2.05) is 36.2 Å². The molecule has 0 fully saturated rings. The predicted octanol–water partition coefficient (Wildman–Crippen LogP) is 2.58. The number of rotatable bonds is 13. The topological polar surface area (TPSA) is 119 Å². The number of nitrogens with zero attached hydrogens (tertiary/aromatic N) is 1. The summed E-state index contributed by atoms with van der Waals surface area (Å²) in [5.41, 5.74) is 2.47. The van der Waals surface area contributed by atoms with Gasteiger partial charge in [-0.1, -0.05) is 38.0 Å². The fraction of sp³-hybridized carbons (Fsp3) is 0.414. The van der Waals surface area contributed by atoms with Crippen molar-refractivity contribution in [3.05, 3.63) is 65.2 Å². The van der Waals surface area contributed by atoms with Crippen molar-refractivity contribution in [2.45, 2.75) is 51.7 Å². The molecule has 8 nitrogen and oxygen atoms in total. The molecule has 0 unspecified atom stereocenters. The van der Waals surface area contributed by atoms with Crippen LogP contribution in [0.3, 0.4) is 0 Å². The number of aliphatic hydroxyl groups excluding tert-OH is 2. The van der Waals surface area contributed by atoms with E-state index in [1.54, 1.807) is 24.3 Å². The molecule has 2 atom stereocenters. The van der Waals surface area contributed by atoms with Crippen LogP contribution < -0.4 is 10.6 Å². The number of carbonyl (C=O) groups is 3. The third-order valence-electron chi connectivity index (χ3n) is 5.75. The van der Waals surface area contributed by atoms with Gasteiger partial charge in [-0.05, 0) is 75.5 Å². The van der Waals surface area contributed by atoms with Gasteiger partial charge < -0.3 is 20.8 Å². The van der Waals surface area contributed by atoms with E-state index in [4.69, 9.17) is 5.11 Å². The molecule has 0 aliphatic rings. The second kappa shape index (κ2) is 15.6. The van der Waals surface area contributed by atoms with Gasteiger partial charge >= 0.3 is 0 Å². The van der Waals surface area contributed by atoms with Gasteiger partial charge in [-0.2, -0.15) is 0 Å². The predicted molar refractivity (Wildman–Crippen MR) is 144 cm³/mol. The molecule has 37 heavy (non-hydrogen) atoms. The first-order valence-electron chi connectivity index (χ1n) is 12.6. The molecular formula is C29H37N3O5. The Balaban J connectivity index is 1.89.